The third kappa shape index (κ3) is 8.87. The first-order valence-electron chi connectivity index (χ1n) is 19.6. The molecule has 0 saturated carbocycles. The second kappa shape index (κ2) is 17.0. The Morgan fingerprint density at radius 2 is 1.63 bits per heavy atom. The van der Waals surface area contributed by atoms with Gasteiger partial charge in [0.25, 0.3) is 5.91 Å². The third-order valence-electron chi connectivity index (χ3n) is 11.7. The summed E-state index contributed by atoms with van der Waals surface area (Å²) in [5, 5.41) is 5.54. The quantitative estimate of drug-likeness (QED) is 0.275. The van der Waals surface area contributed by atoms with E-state index >= 15 is 4.39 Å². The number of alkyl halides is 2. The number of imide groups is 1. The lowest BCUT2D eigenvalue weighted by Crippen LogP contribution is -2.52. The van der Waals surface area contributed by atoms with Crippen molar-refractivity contribution in [3.05, 3.63) is 65.7 Å². The van der Waals surface area contributed by atoms with Crippen LogP contribution in [0.15, 0.2) is 53.7 Å². The lowest BCUT2D eigenvalue weighted by molar-refractivity contribution is -0.136. The molecule has 0 spiro atoms. The van der Waals surface area contributed by atoms with Crippen LogP contribution in [0.5, 0.6) is 5.75 Å². The largest absolute Gasteiger partial charge is 0.432 e. The van der Waals surface area contributed by atoms with Crippen LogP contribution in [-0.4, -0.2) is 124 Å². The predicted octanol–water partition coefficient (Wildman–Crippen LogP) is 3.62. The predicted molar refractivity (Wildman–Crippen MR) is 206 cm³/mol. The molecule has 57 heavy (non-hydrogen) atoms. The summed E-state index contributed by atoms with van der Waals surface area (Å²) in [6.07, 6.45) is 6.39. The maximum atomic E-state index is 15.4. The number of benzene rings is 2. The zero-order valence-corrected chi connectivity index (χ0v) is 32.3. The van der Waals surface area contributed by atoms with Crippen molar-refractivity contribution < 1.29 is 36.5 Å². The van der Waals surface area contributed by atoms with Gasteiger partial charge in [-0.2, -0.15) is 8.78 Å². The van der Waals surface area contributed by atoms with E-state index in [1.54, 1.807) is 6.07 Å². The molecule has 304 valence electrons. The van der Waals surface area contributed by atoms with Gasteiger partial charge in [0.2, 0.25) is 17.8 Å². The number of hydrogen-bond donors (Lipinski definition) is 2. The average molecular weight is 810 g/mol. The number of fused-ring (bicyclic) bond motifs is 1. The van der Waals surface area contributed by atoms with E-state index in [2.05, 4.69) is 41.2 Å². The van der Waals surface area contributed by atoms with Gasteiger partial charge < -0.3 is 24.8 Å². The number of amides is 3. The number of anilines is 3. The van der Waals surface area contributed by atoms with Crippen molar-refractivity contribution in [3.8, 4) is 5.75 Å². The molecule has 2 atom stereocenters. The monoisotopic (exact) mass is 809 g/mol. The minimum Gasteiger partial charge on any atom is -0.432 e. The SMILES string of the molecule is O=C1CCC(N2Cc3cc(N4CCN(CC5CCN(c6cccc(S(=O)N7CCC(Nc8ncc(OC(F)F)cn8)CC7)c6)CC5)CC4)c(F)cc3C2=O)C(=O)N1. The van der Waals surface area contributed by atoms with Crippen LogP contribution in [0.25, 0.3) is 0 Å². The Bertz CT molecular complexity index is 1990. The van der Waals surface area contributed by atoms with Crippen molar-refractivity contribution in [2.75, 3.05) is 74.0 Å². The zero-order chi connectivity index (χ0) is 39.6. The van der Waals surface area contributed by atoms with Gasteiger partial charge in [-0.1, -0.05) is 6.07 Å². The molecule has 18 heteroatoms. The topological polar surface area (TPSA) is 144 Å². The molecular weight excluding hydrogens is 764 g/mol. The molecule has 0 radical (unpaired) electrons. The average Bonchev–Trinajstić information content (AvgIpc) is 3.53. The fraction of sp³-hybridized carbons (Fsp3) is 0.513. The van der Waals surface area contributed by atoms with Crippen molar-refractivity contribution in [2.45, 2.75) is 68.7 Å². The van der Waals surface area contributed by atoms with Crippen molar-refractivity contribution >= 4 is 46.0 Å². The van der Waals surface area contributed by atoms with E-state index in [0.29, 0.717) is 49.3 Å². The lowest BCUT2D eigenvalue weighted by atomic mass is 9.95. The standard InChI is InChI=1S/C39H46F3N9O5S/c40-32-20-31-26(24-51(37(31)54)33-4-5-35(52)46-36(33)53)18-34(32)49-16-14-47(15-17-49)23-25-6-10-48(11-7-25)28-2-1-3-30(19-28)57(55)50-12-8-27(9-13-50)45-39-43-21-29(22-44-39)56-38(41)42/h1-3,18-22,25,27,33,38H,4-17,23-24H2,(H,43,44,45)(H,46,52,53). The van der Waals surface area contributed by atoms with Crippen LogP contribution in [0.1, 0.15) is 54.4 Å². The Labute approximate surface area is 331 Å². The number of ether oxygens (including phenoxy) is 1. The van der Waals surface area contributed by atoms with Crippen LogP contribution in [-0.2, 0) is 27.1 Å². The molecule has 8 rings (SSSR count). The number of piperazine rings is 1. The number of piperidine rings is 3. The number of halogens is 3. The number of carbonyl (C=O) groups excluding carboxylic acids is 3. The number of hydrogen-bond acceptors (Lipinski definition) is 11. The Kier molecular flexibility index (Phi) is 11.6. The third-order valence-corrected chi connectivity index (χ3v) is 13.2. The summed E-state index contributed by atoms with van der Waals surface area (Å²) in [5.41, 5.74) is 2.52. The molecule has 6 heterocycles. The first-order chi connectivity index (χ1) is 27.6. The van der Waals surface area contributed by atoms with Crippen molar-refractivity contribution in [1.82, 2.24) is 29.4 Å². The highest BCUT2D eigenvalue weighted by atomic mass is 32.2. The number of nitrogens with zero attached hydrogens (tertiary/aromatic N) is 7. The summed E-state index contributed by atoms with van der Waals surface area (Å²) >= 11 is 0. The highest BCUT2D eigenvalue weighted by Gasteiger charge is 2.40. The maximum absolute atomic E-state index is 15.4. The fourth-order valence-electron chi connectivity index (χ4n) is 8.57. The van der Waals surface area contributed by atoms with Crippen LogP contribution in [0, 0.1) is 11.7 Å². The van der Waals surface area contributed by atoms with Gasteiger partial charge in [-0.05, 0) is 73.9 Å². The van der Waals surface area contributed by atoms with E-state index in [1.165, 1.54) is 23.4 Å². The van der Waals surface area contributed by atoms with E-state index < -0.39 is 35.4 Å². The Balaban J connectivity index is 0.777. The molecule has 5 aliphatic rings. The van der Waals surface area contributed by atoms with E-state index in [1.807, 2.05) is 27.4 Å². The normalized spacial score (nSPS) is 22.2. The number of carbonyl (C=O) groups is 3. The summed E-state index contributed by atoms with van der Waals surface area (Å²) in [4.78, 5) is 54.3. The van der Waals surface area contributed by atoms with Crippen molar-refractivity contribution in [2.24, 2.45) is 5.92 Å². The summed E-state index contributed by atoms with van der Waals surface area (Å²) in [5.74, 6) is -0.875. The maximum Gasteiger partial charge on any atom is 0.387 e. The minimum atomic E-state index is -2.93. The highest BCUT2D eigenvalue weighted by molar-refractivity contribution is 7.82. The summed E-state index contributed by atoms with van der Waals surface area (Å²) < 4.78 is 60.1. The molecule has 4 saturated heterocycles. The summed E-state index contributed by atoms with van der Waals surface area (Å²) in [7, 11) is -1.31. The van der Waals surface area contributed by atoms with Crippen LogP contribution in [0.2, 0.25) is 0 Å². The van der Waals surface area contributed by atoms with E-state index in [4.69, 9.17) is 0 Å². The Morgan fingerprint density at radius 3 is 2.33 bits per heavy atom. The number of rotatable bonds is 11. The van der Waals surface area contributed by atoms with Crippen LogP contribution < -0.4 is 25.2 Å². The summed E-state index contributed by atoms with van der Waals surface area (Å²) in [6.45, 7) is 4.26. The van der Waals surface area contributed by atoms with Gasteiger partial charge >= 0.3 is 6.61 Å². The van der Waals surface area contributed by atoms with Gasteiger partial charge in [0.15, 0.2) is 5.75 Å². The van der Waals surface area contributed by atoms with Crippen molar-refractivity contribution in [1.29, 1.82) is 0 Å². The van der Waals surface area contributed by atoms with Crippen LogP contribution in [0.4, 0.5) is 30.5 Å². The second-order valence-electron chi connectivity index (χ2n) is 15.3. The van der Waals surface area contributed by atoms with Gasteiger partial charge in [-0.15, -0.1) is 0 Å². The molecule has 3 aromatic rings. The van der Waals surface area contributed by atoms with Gasteiger partial charge in [-0.3, -0.25) is 24.6 Å². The highest BCUT2D eigenvalue weighted by Crippen LogP contribution is 2.34. The van der Waals surface area contributed by atoms with Crippen LogP contribution >= 0.6 is 0 Å². The number of aromatic nitrogens is 2. The molecule has 4 fully saturated rings. The molecule has 2 unspecified atom stereocenters. The van der Waals surface area contributed by atoms with Gasteiger partial charge in [0.05, 0.1) is 23.0 Å². The molecular formula is C39H46F3N9O5S. The molecule has 3 amide bonds. The van der Waals surface area contributed by atoms with Gasteiger partial charge in [0.1, 0.15) is 22.8 Å². The first kappa shape index (κ1) is 39.0. The molecule has 2 aromatic carbocycles. The second-order valence-corrected chi connectivity index (χ2v) is 16.8. The molecule has 5 aliphatic heterocycles. The number of nitrogens with one attached hydrogen (secondary N) is 2. The molecule has 14 nitrogen and oxygen atoms in total. The first-order valence-corrected chi connectivity index (χ1v) is 20.7. The summed E-state index contributed by atoms with van der Waals surface area (Å²) in [6, 6.07) is 10.4. The van der Waals surface area contributed by atoms with Gasteiger partial charge in [0, 0.05) is 89.2 Å². The Morgan fingerprint density at radius 1 is 0.895 bits per heavy atom. The van der Waals surface area contributed by atoms with E-state index in [0.717, 1.165) is 69.0 Å². The molecule has 0 aliphatic carbocycles. The fourth-order valence-corrected chi connectivity index (χ4v) is 9.83. The molecule has 0 bridgehead atoms. The van der Waals surface area contributed by atoms with Crippen LogP contribution in [0.3, 0.4) is 0 Å². The lowest BCUT2D eigenvalue weighted by Gasteiger charge is -2.40. The van der Waals surface area contributed by atoms with Gasteiger partial charge in [-0.25, -0.2) is 22.9 Å². The zero-order valence-electron chi connectivity index (χ0n) is 31.5. The molecule has 2 N–H and O–H groups in total. The van der Waals surface area contributed by atoms with E-state index in [-0.39, 0.29) is 48.6 Å². The smallest absolute Gasteiger partial charge is 0.387 e. The van der Waals surface area contributed by atoms with Crippen molar-refractivity contribution in [3.63, 3.8) is 0 Å². The Hall–Kier alpha value is -4.81. The minimum absolute atomic E-state index is 0.0685. The van der Waals surface area contributed by atoms with E-state index in [9.17, 15) is 27.4 Å². The molecule has 1 aromatic heterocycles.